The molecule has 98 valence electrons. The molecule has 1 aromatic carbocycles. The standard InChI is InChI=1S/C9H7BrF5N.ClH/c10-4-1-2-5(11)7(8(4)12)6(16)3-9(13,14)15;/h1-2,6H,3,16H2;1H/t6-;/m1./s1. The van der Waals surface area contributed by atoms with E-state index in [0.717, 1.165) is 12.1 Å². The second-order valence-electron chi connectivity index (χ2n) is 3.18. The van der Waals surface area contributed by atoms with Crippen LogP contribution in [0.3, 0.4) is 0 Å². The fraction of sp³-hybridized carbons (Fsp3) is 0.333. The lowest BCUT2D eigenvalue weighted by Crippen LogP contribution is -2.22. The van der Waals surface area contributed by atoms with Crippen molar-refractivity contribution >= 4 is 28.3 Å². The Kier molecular flexibility index (Phi) is 5.83. The van der Waals surface area contributed by atoms with Gasteiger partial charge in [0, 0.05) is 11.6 Å². The third kappa shape index (κ3) is 4.40. The first-order valence-electron chi connectivity index (χ1n) is 4.18. The van der Waals surface area contributed by atoms with Crippen LogP contribution in [0.1, 0.15) is 18.0 Å². The van der Waals surface area contributed by atoms with Gasteiger partial charge in [-0.1, -0.05) is 0 Å². The van der Waals surface area contributed by atoms with Crippen molar-refractivity contribution in [3.63, 3.8) is 0 Å². The lowest BCUT2D eigenvalue weighted by molar-refractivity contribution is -0.138. The second kappa shape index (κ2) is 5.97. The monoisotopic (exact) mass is 339 g/mol. The molecule has 0 heterocycles. The molecule has 1 aromatic rings. The Bertz CT molecular complexity index is 396. The van der Waals surface area contributed by atoms with Gasteiger partial charge in [-0.05, 0) is 28.1 Å². The highest BCUT2D eigenvalue weighted by molar-refractivity contribution is 9.10. The van der Waals surface area contributed by atoms with E-state index in [0.29, 0.717) is 0 Å². The Morgan fingerprint density at radius 1 is 1.24 bits per heavy atom. The summed E-state index contributed by atoms with van der Waals surface area (Å²) in [6.45, 7) is 0. The zero-order valence-corrected chi connectivity index (χ0v) is 10.6. The average Bonchev–Trinajstić information content (AvgIpc) is 2.09. The molecule has 1 atom stereocenters. The second-order valence-corrected chi connectivity index (χ2v) is 4.04. The first kappa shape index (κ1) is 16.6. The fourth-order valence-corrected chi connectivity index (χ4v) is 1.58. The smallest absolute Gasteiger partial charge is 0.323 e. The van der Waals surface area contributed by atoms with Crippen LogP contribution in [0.25, 0.3) is 0 Å². The molecular weight excluding hydrogens is 332 g/mol. The molecule has 0 aliphatic rings. The molecule has 0 amide bonds. The predicted molar refractivity (Wildman–Crippen MR) is 58.9 cm³/mol. The van der Waals surface area contributed by atoms with Crippen LogP contribution in [0.15, 0.2) is 16.6 Å². The molecule has 0 unspecified atom stereocenters. The number of hydrogen-bond acceptors (Lipinski definition) is 1. The number of rotatable bonds is 2. The summed E-state index contributed by atoms with van der Waals surface area (Å²) in [5.41, 5.74) is 4.37. The molecule has 0 spiro atoms. The Hall–Kier alpha value is -0.400. The third-order valence-electron chi connectivity index (χ3n) is 1.90. The molecule has 0 bridgehead atoms. The molecule has 0 aromatic heterocycles. The van der Waals surface area contributed by atoms with Crippen molar-refractivity contribution in [2.75, 3.05) is 0 Å². The van der Waals surface area contributed by atoms with Gasteiger partial charge in [-0.15, -0.1) is 12.4 Å². The zero-order chi connectivity index (χ0) is 12.5. The number of nitrogens with two attached hydrogens (primary N) is 1. The van der Waals surface area contributed by atoms with E-state index in [1.165, 1.54) is 0 Å². The predicted octanol–water partition coefficient (Wildman–Crippen LogP) is 4.10. The van der Waals surface area contributed by atoms with Gasteiger partial charge >= 0.3 is 6.18 Å². The average molecular weight is 341 g/mol. The maximum absolute atomic E-state index is 13.4. The number of hydrogen-bond donors (Lipinski definition) is 1. The molecule has 1 rings (SSSR count). The van der Waals surface area contributed by atoms with E-state index < -0.39 is 35.8 Å². The van der Waals surface area contributed by atoms with Crippen LogP contribution >= 0.6 is 28.3 Å². The van der Waals surface area contributed by atoms with Gasteiger partial charge in [0.2, 0.25) is 0 Å². The van der Waals surface area contributed by atoms with Crippen molar-refractivity contribution < 1.29 is 22.0 Å². The maximum atomic E-state index is 13.4. The van der Waals surface area contributed by atoms with E-state index in [9.17, 15) is 22.0 Å². The summed E-state index contributed by atoms with van der Waals surface area (Å²) < 4.78 is 62.4. The Morgan fingerprint density at radius 3 is 2.24 bits per heavy atom. The van der Waals surface area contributed by atoms with Crippen molar-refractivity contribution in [1.29, 1.82) is 0 Å². The van der Waals surface area contributed by atoms with Crippen molar-refractivity contribution in [2.45, 2.75) is 18.6 Å². The van der Waals surface area contributed by atoms with Crippen LogP contribution in [-0.4, -0.2) is 6.18 Å². The van der Waals surface area contributed by atoms with Crippen LogP contribution < -0.4 is 5.73 Å². The van der Waals surface area contributed by atoms with Gasteiger partial charge in [0.25, 0.3) is 0 Å². The fourth-order valence-electron chi connectivity index (χ4n) is 1.23. The molecule has 1 nitrogen and oxygen atoms in total. The SMILES string of the molecule is Cl.N[C@H](CC(F)(F)F)c1c(F)ccc(Br)c1F. The van der Waals surface area contributed by atoms with Gasteiger partial charge in [0.1, 0.15) is 11.6 Å². The molecule has 0 fully saturated rings. The lowest BCUT2D eigenvalue weighted by atomic mass is 10.0. The summed E-state index contributed by atoms with van der Waals surface area (Å²) in [6.07, 6.45) is -6.04. The van der Waals surface area contributed by atoms with E-state index in [2.05, 4.69) is 15.9 Å². The highest BCUT2D eigenvalue weighted by atomic mass is 79.9. The molecule has 0 aliphatic heterocycles. The minimum Gasteiger partial charge on any atom is -0.323 e. The summed E-state index contributed by atoms with van der Waals surface area (Å²) in [5, 5.41) is 0. The molecular formula is C9H8BrClF5N. The van der Waals surface area contributed by atoms with Gasteiger partial charge < -0.3 is 5.73 Å². The molecule has 0 radical (unpaired) electrons. The van der Waals surface area contributed by atoms with Gasteiger partial charge in [-0.25, -0.2) is 8.78 Å². The Balaban J connectivity index is 0.00000256. The van der Waals surface area contributed by atoms with Gasteiger partial charge in [-0.3, -0.25) is 0 Å². The van der Waals surface area contributed by atoms with Crippen LogP contribution in [-0.2, 0) is 0 Å². The van der Waals surface area contributed by atoms with E-state index in [-0.39, 0.29) is 16.9 Å². The normalized spacial score (nSPS) is 13.1. The van der Waals surface area contributed by atoms with E-state index in [1.807, 2.05) is 0 Å². The quantitative estimate of drug-likeness (QED) is 0.636. The van der Waals surface area contributed by atoms with Crippen LogP contribution in [0.2, 0.25) is 0 Å². The summed E-state index contributed by atoms with van der Waals surface area (Å²) >= 11 is 2.75. The topological polar surface area (TPSA) is 26.0 Å². The summed E-state index contributed by atoms with van der Waals surface area (Å²) in [5.74, 6) is -2.19. The largest absolute Gasteiger partial charge is 0.390 e. The van der Waals surface area contributed by atoms with Crippen molar-refractivity contribution in [3.05, 3.63) is 33.8 Å². The summed E-state index contributed by atoms with van der Waals surface area (Å²) in [7, 11) is 0. The van der Waals surface area contributed by atoms with E-state index in [1.54, 1.807) is 0 Å². The van der Waals surface area contributed by atoms with Crippen LogP contribution in [0, 0.1) is 11.6 Å². The summed E-state index contributed by atoms with van der Waals surface area (Å²) in [6, 6.07) is 0.172. The first-order chi connectivity index (χ1) is 7.22. The molecule has 0 saturated heterocycles. The molecule has 0 aliphatic carbocycles. The van der Waals surface area contributed by atoms with Crippen molar-refractivity contribution in [3.8, 4) is 0 Å². The Labute approximate surface area is 109 Å². The van der Waals surface area contributed by atoms with E-state index in [4.69, 9.17) is 5.73 Å². The molecule has 0 saturated carbocycles. The minimum absolute atomic E-state index is 0. The van der Waals surface area contributed by atoms with Gasteiger partial charge in [0.05, 0.1) is 10.9 Å². The first-order valence-corrected chi connectivity index (χ1v) is 4.97. The van der Waals surface area contributed by atoms with Gasteiger partial charge in [0.15, 0.2) is 0 Å². The van der Waals surface area contributed by atoms with E-state index >= 15 is 0 Å². The minimum atomic E-state index is -4.57. The van der Waals surface area contributed by atoms with Gasteiger partial charge in [-0.2, -0.15) is 13.2 Å². The third-order valence-corrected chi connectivity index (χ3v) is 2.51. The zero-order valence-electron chi connectivity index (χ0n) is 8.19. The van der Waals surface area contributed by atoms with Crippen LogP contribution in [0.5, 0.6) is 0 Å². The highest BCUT2D eigenvalue weighted by Crippen LogP contribution is 2.32. The number of benzene rings is 1. The Morgan fingerprint density at radius 2 is 1.76 bits per heavy atom. The number of alkyl halides is 3. The summed E-state index contributed by atoms with van der Waals surface area (Å²) in [4.78, 5) is 0. The molecule has 8 heteroatoms. The molecule has 17 heavy (non-hydrogen) atoms. The van der Waals surface area contributed by atoms with Crippen LogP contribution in [0.4, 0.5) is 22.0 Å². The molecule has 2 N–H and O–H groups in total. The lowest BCUT2D eigenvalue weighted by Gasteiger charge is -2.16. The maximum Gasteiger partial charge on any atom is 0.390 e. The number of halogens is 7. The highest BCUT2D eigenvalue weighted by Gasteiger charge is 2.33. The van der Waals surface area contributed by atoms with Crippen molar-refractivity contribution in [1.82, 2.24) is 0 Å². The van der Waals surface area contributed by atoms with Crippen molar-refractivity contribution in [2.24, 2.45) is 5.73 Å².